The van der Waals surface area contributed by atoms with Crippen molar-refractivity contribution in [3.63, 3.8) is 0 Å². The van der Waals surface area contributed by atoms with E-state index < -0.39 is 0 Å². The van der Waals surface area contributed by atoms with E-state index in [2.05, 4.69) is 40.1 Å². The fourth-order valence-electron chi connectivity index (χ4n) is 1.95. The molecule has 0 aliphatic heterocycles. The third-order valence-corrected chi connectivity index (χ3v) is 4.37. The number of carbonyl (C=O) groups excluding carboxylic acids is 1. The topological polar surface area (TPSA) is 50.4 Å². The van der Waals surface area contributed by atoms with Gasteiger partial charge in [-0.2, -0.15) is 0 Å². The molecule has 2 aromatic carbocycles. The summed E-state index contributed by atoms with van der Waals surface area (Å²) in [5.74, 6) is 0.597. The van der Waals surface area contributed by atoms with E-state index in [1.165, 1.54) is 0 Å². The van der Waals surface area contributed by atoms with Crippen molar-refractivity contribution in [1.82, 2.24) is 5.32 Å². The summed E-state index contributed by atoms with van der Waals surface area (Å²) in [6.45, 7) is 2.84. The molecule has 0 aliphatic carbocycles. The quantitative estimate of drug-likeness (QED) is 0.381. The maximum Gasteiger partial charge on any atom is 0.258 e. The number of thiocarbonyl (C=S) groups is 1. The van der Waals surface area contributed by atoms with Crippen molar-refractivity contribution in [3.05, 3.63) is 57.7 Å². The number of carbonyl (C=O) groups is 1. The average Bonchev–Trinajstić information content (AvgIpc) is 2.57. The molecule has 0 saturated carbocycles. The molecule has 2 N–H and O–H groups in total. The Hall–Kier alpha value is -1.67. The predicted molar refractivity (Wildman–Crippen MR) is 110 cm³/mol. The lowest BCUT2D eigenvalue weighted by Crippen LogP contribution is -2.34. The second kappa shape index (κ2) is 9.58. The Labute approximate surface area is 161 Å². The highest BCUT2D eigenvalue weighted by atomic mass is 127. The number of hydrogen-bond donors (Lipinski definition) is 2. The smallest absolute Gasteiger partial charge is 0.258 e. The summed E-state index contributed by atoms with van der Waals surface area (Å²) in [4.78, 5) is 12.2. The van der Waals surface area contributed by atoms with Crippen LogP contribution in [0.1, 0.15) is 30.1 Å². The molecule has 2 rings (SSSR count). The van der Waals surface area contributed by atoms with E-state index in [0.29, 0.717) is 12.2 Å². The van der Waals surface area contributed by atoms with Gasteiger partial charge in [-0.15, -0.1) is 0 Å². The van der Waals surface area contributed by atoms with Crippen LogP contribution in [0, 0.1) is 3.57 Å². The van der Waals surface area contributed by atoms with Crippen LogP contribution in [0.3, 0.4) is 0 Å². The summed E-state index contributed by atoms with van der Waals surface area (Å²) in [5.41, 5.74) is 1.40. The zero-order chi connectivity index (χ0) is 17.4. The van der Waals surface area contributed by atoms with E-state index in [-0.39, 0.29) is 11.0 Å². The van der Waals surface area contributed by atoms with Gasteiger partial charge in [-0.25, -0.2) is 0 Å². The van der Waals surface area contributed by atoms with Crippen molar-refractivity contribution in [2.45, 2.75) is 19.8 Å². The average molecular weight is 454 g/mol. The van der Waals surface area contributed by atoms with Gasteiger partial charge < -0.3 is 10.1 Å². The number of hydrogen-bond acceptors (Lipinski definition) is 3. The van der Waals surface area contributed by atoms with E-state index in [1.807, 2.05) is 42.5 Å². The molecule has 0 unspecified atom stereocenters. The summed E-state index contributed by atoms with van der Waals surface area (Å²) in [7, 11) is 0. The van der Waals surface area contributed by atoms with Gasteiger partial charge in [0, 0.05) is 9.26 Å². The molecule has 0 atom stereocenters. The van der Waals surface area contributed by atoms with Gasteiger partial charge in [0.15, 0.2) is 5.11 Å². The minimum atomic E-state index is -0.225. The number of unbranched alkanes of at least 4 members (excludes halogenated alkanes) is 1. The normalized spacial score (nSPS) is 10.1. The van der Waals surface area contributed by atoms with E-state index in [9.17, 15) is 4.79 Å². The predicted octanol–water partition coefficient (Wildman–Crippen LogP) is 4.60. The Morgan fingerprint density at radius 2 is 1.88 bits per heavy atom. The molecule has 0 fully saturated rings. The first-order valence-electron chi connectivity index (χ1n) is 7.70. The first-order valence-corrected chi connectivity index (χ1v) is 9.18. The molecule has 0 radical (unpaired) electrons. The molecule has 6 heteroatoms. The zero-order valence-corrected chi connectivity index (χ0v) is 16.3. The minimum Gasteiger partial charge on any atom is -0.494 e. The zero-order valence-electron chi connectivity index (χ0n) is 13.3. The third-order valence-electron chi connectivity index (χ3n) is 3.22. The van der Waals surface area contributed by atoms with Crippen molar-refractivity contribution < 1.29 is 9.53 Å². The first-order chi connectivity index (χ1) is 11.6. The van der Waals surface area contributed by atoms with Crippen molar-refractivity contribution in [3.8, 4) is 5.75 Å². The van der Waals surface area contributed by atoms with Crippen LogP contribution < -0.4 is 15.4 Å². The van der Waals surface area contributed by atoms with Crippen LogP contribution in [0.5, 0.6) is 5.75 Å². The van der Waals surface area contributed by atoms with Gasteiger partial charge in [-0.3, -0.25) is 10.1 Å². The van der Waals surface area contributed by atoms with Crippen LogP contribution in [-0.4, -0.2) is 17.6 Å². The van der Waals surface area contributed by atoms with Crippen molar-refractivity contribution in [1.29, 1.82) is 0 Å². The van der Waals surface area contributed by atoms with Crippen LogP contribution >= 0.6 is 34.8 Å². The van der Waals surface area contributed by atoms with Crippen LogP contribution in [0.4, 0.5) is 5.69 Å². The molecule has 0 aromatic heterocycles. The maximum absolute atomic E-state index is 12.2. The SMILES string of the molecule is CCCCOc1ccc(NC(=S)NC(=O)c2ccccc2I)cc1. The number of rotatable bonds is 6. The van der Waals surface area contributed by atoms with Crippen LogP contribution in [-0.2, 0) is 0 Å². The van der Waals surface area contributed by atoms with E-state index >= 15 is 0 Å². The number of nitrogens with one attached hydrogen (secondary N) is 2. The molecule has 0 bridgehead atoms. The summed E-state index contributed by atoms with van der Waals surface area (Å²) >= 11 is 7.32. The lowest BCUT2D eigenvalue weighted by Gasteiger charge is -2.11. The number of amides is 1. The van der Waals surface area contributed by atoms with Gasteiger partial charge in [0.2, 0.25) is 0 Å². The van der Waals surface area contributed by atoms with E-state index in [1.54, 1.807) is 6.07 Å². The molecule has 0 aliphatic rings. The molecule has 126 valence electrons. The van der Waals surface area contributed by atoms with Crippen molar-refractivity contribution in [2.24, 2.45) is 0 Å². The fourth-order valence-corrected chi connectivity index (χ4v) is 2.79. The fraction of sp³-hybridized carbons (Fsp3) is 0.222. The molecule has 0 saturated heterocycles. The Balaban J connectivity index is 1.88. The molecule has 4 nitrogen and oxygen atoms in total. The lowest BCUT2D eigenvalue weighted by molar-refractivity contribution is 0.0977. The Morgan fingerprint density at radius 3 is 2.54 bits per heavy atom. The molecule has 1 amide bonds. The minimum absolute atomic E-state index is 0.225. The Kier molecular flexibility index (Phi) is 7.45. The third kappa shape index (κ3) is 5.76. The number of benzene rings is 2. The highest BCUT2D eigenvalue weighted by Gasteiger charge is 2.10. The van der Waals surface area contributed by atoms with Crippen LogP contribution in [0.2, 0.25) is 0 Å². The van der Waals surface area contributed by atoms with Crippen LogP contribution in [0.25, 0.3) is 0 Å². The first kappa shape index (κ1) is 18.7. The van der Waals surface area contributed by atoms with E-state index in [0.717, 1.165) is 27.8 Å². The monoisotopic (exact) mass is 454 g/mol. The van der Waals surface area contributed by atoms with Gasteiger partial charge >= 0.3 is 0 Å². The summed E-state index contributed by atoms with van der Waals surface area (Å²) < 4.78 is 6.49. The number of anilines is 1. The molecular formula is C18H19IN2O2S. The van der Waals surface area contributed by atoms with Gasteiger partial charge in [0.25, 0.3) is 5.91 Å². The lowest BCUT2D eigenvalue weighted by atomic mass is 10.2. The summed E-state index contributed by atoms with van der Waals surface area (Å²) in [6.07, 6.45) is 2.14. The van der Waals surface area contributed by atoms with Crippen molar-refractivity contribution >= 4 is 51.5 Å². The van der Waals surface area contributed by atoms with Gasteiger partial charge in [-0.1, -0.05) is 25.5 Å². The molecule has 0 heterocycles. The van der Waals surface area contributed by atoms with E-state index in [4.69, 9.17) is 17.0 Å². The second-order valence-electron chi connectivity index (χ2n) is 5.11. The number of halogens is 1. The highest BCUT2D eigenvalue weighted by Crippen LogP contribution is 2.16. The van der Waals surface area contributed by atoms with Gasteiger partial charge in [-0.05, 0) is 77.6 Å². The van der Waals surface area contributed by atoms with Gasteiger partial charge in [0.05, 0.1) is 12.2 Å². The highest BCUT2D eigenvalue weighted by molar-refractivity contribution is 14.1. The molecular weight excluding hydrogens is 435 g/mol. The summed E-state index contributed by atoms with van der Waals surface area (Å²) in [5, 5.41) is 5.95. The van der Waals surface area contributed by atoms with Gasteiger partial charge in [0.1, 0.15) is 5.75 Å². The molecule has 2 aromatic rings. The second-order valence-corrected chi connectivity index (χ2v) is 6.68. The van der Waals surface area contributed by atoms with Crippen LogP contribution in [0.15, 0.2) is 48.5 Å². The molecule has 24 heavy (non-hydrogen) atoms. The largest absolute Gasteiger partial charge is 0.494 e. The number of ether oxygens (including phenoxy) is 1. The van der Waals surface area contributed by atoms with Crippen molar-refractivity contribution in [2.75, 3.05) is 11.9 Å². The Morgan fingerprint density at radius 1 is 1.17 bits per heavy atom. The molecule has 0 spiro atoms. The maximum atomic E-state index is 12.2. The Bertz CT molecular complexity index is 704. The summed E-state index contributed by atoms with van der Waals surface area (Å²) in [6, 6.07) is 14.8. The standard InChI is InChI=1S/C18H19IN2O2S/c1-2-3-12-23-14-10-8-13(9-11-14)20-18(24)21-17(22)15-6-4-5-7-16(15)19/h4-11H,2-3,12H2,1H3,(H2,20,21,22,24).